The molecule has 122 valence electrons. The summed E-state index contributed by atoms with van der Waals surface area (Å²) in [4.78, 5) is 16.7. The van der Waals surface area contributed by atoms with Crippen molar-refractivity contribution in [2.45, 2.75) is 51.0 Å². The highest BCUT2D eigenvalue weighted by Gasteiger charge is 2.20. The van der Waals surface area contributed by atoms with Crippen molar-refractivity contribution in [1.82, 2.24) is 15.1 Å². The molecule has 1 heterocycles. The number of nitrogens with one attached hydrogen (secondary N) is 1. The van der Waals surface area contributed by atoms with Gasteiger partial charge in [0.05, 0.1) is 13.2 Å². The average Bonchev–Trinajstić information content (AvgIpc) is 2.44. The third-order valence-corrected chi connectivity index (χ3v) is 4.72. The van der Waals surface area contributed by atoms with E-state index in [9.17, 15) is 4.79 Å². The number of piperazine rings is 1. The third kappa shape index (κ3) is 6.32. The number of nitrogens with zero attached hydrogens (tertiary/aromatic N) is 2. The van der Waals surface area contributed by atoms with Crippen molar-refractivity contribution in [2.75, 3.05) is 45.9 Å². The van der Waals surface area contributed by atoms with E-state index in [0.29, 0.717) is 12.6 Å². The first-order valence-corrected chi connectivity index (χ1v) is 8.63. The van der Waals surface area contributed by atoms with E-state index in [1.165, 1.54) is 32.1 Å². The molecule has 1 amide bonds. The number of carbonyl (C=O) groups excluding carboxylic acids is 1. The van der Waals surface area contributed by atoms with Crippen molar-refractivity contribution in [3.05, 3.63) is 0 Å². The van der Waals surface area contributed by atoms with Gasteiger partial charge in [-0.3, -0.25) is 14.6 Å². The zero-order valence-electron chi connectivity index (χ0n) is 13.2. The summed E-state index contributed by atoms with van der Waals surface area (Å²) in [6.45, 7) is 5.28. The van der Waals surface area contributed by atoms with Crippen molar-refractivity contribution in [1.29, 1.82) is 0 Å². The number of hydrogen-bond acceptors (Lipinski definition) is 4. The molecule has 1 saturated carbocycles. The number of amides is 1. The molecule has 5 heteroatoms. The fourth-order valence-electron chi connectivity index (χ4n) is 3.39. The van der Waals surface area contributed by atoms with E-state index in [4.69, 9.17) is 5.11 Å². The summed E-state index contributed by atoms with van der Waals surface area (Å²) in [5, 5.41) is 12.2. The van der Waals surface area contributed by atoms with Gasteiger partial charge in [-0.05, 0) is 12.8 Å². The van der Waals surface area contributed by atoms with Gasteiger partial charge in [0.2, 0.25) is 5.91 Å². The Morgan fingerprint density at radius 1 is 0.952 bits per heavy atom. The summed E-state index contributed by atoms with van der Waals surface area (Å²) in [7, 11) is 0. The fraction of sp³-hybridized carbons (Fsp3) is 0.938. The molecular weight excluding hydrogens is 266 g/mol. The van der Waals surface area contributed by atoms with Gasteiger partial charge in [-0.15, -0.1) is 0 Å². The van der Waals surface area contributed by atoms with Gasteiger partial charge in [-0.1, -0.05) is 32.1 Å². The van der Waals surface area contributed by atoms with Gasteiger partial charge in [-0.25, -0.2) is 0 Å². The predicted molar refractivity (Wildman–Crippen MR) is 84.2 cm³/mol. The van der Waals surface area contributed by atoms with Gasteiger partial charge < -0.3 is 10.4 Å². The Bertz CT molecular complexity index is 296. The average molecular weight is 297 g/mol. The Morgan fingerprint density at radius 2 is 1.52 bits per heavy atom. The van der Waals surface area contributed by atoms with Crippen molar-refractivity contribution in [2.24, 2.45) is 0 Å². The molecule has 1 aliphatic carbocycles. The number of aliphatic hydroxyl groups is 1. The van der Waals surface area contributed by atoms with Gasteiger partial charge in [0, 0.05) is 38.8 Å². The Hall–Kier alpha value is -0.650. The molecule has 2 fully saturated rings. The number of carbonyl (C=O) groups is 1. The van der Waals surface area contributed by atoms with E-state index < -0.39 is 0 Å². The lowest BCUT2D eigenvalue weighted by molar-refractivity contribution is -0.123. The molecule has 0 spiro atoms. The number of β-amino-alcohol motifs (C(OH)–C–C–N with tert-alkyl or cyclic N) is 1. The first-order chi connectivity index (χ1) is 10.3. The molecule has 2 rings (SSSR count). The molecule has 2 aliphatic rings. The molecule has 0 atom stereocenters. The fourth-order valence-corrected chi connectivity index (χ4v) is 3.39. The Morgan fingerprint density at radius 3 is 2.14 bits per heavy atom. The van der Waals surface area contributed by atoms with Crippen LogP contribution in [0, 0.1) is 0 Å². The molecule has 0 aromatic carbocycles. The Labute approximate surface area is 128 Å². The van der Waals surface area contributed by atoms with Crippen LogP contribution in [0.2, 0.25) is 0 Å². The van der Waals surface area contributed by atoms with Crippen LogP contribution in [-0.4, -0.2) is 72.7 Å². The van der Waals surface area contributed by atoms with Gasteiger partial charge in [0.15, 0.2) is 0 Å². The summed E-state index contributed by atoms with van der Waals surface area (Å²) in [6, 6.07) is 0.397. The van der Waals surface area contributed by atoms with Crippen LogP contribution in [-0.2, 0) is 4.79 Å². The summed E-state index contributed by atoms with van der Waals surface area (Å²) in [6.07, 6.45) is 8.80. The van der Waals surface area contributed by atoms with E-state index in [0.717, 1.165) is 45.6 Å². The zero-order chi connectivity index (χ0) is 14.9. The zero-order valence-corrected chi connectivity index (χ0v) is 13.2. The van der Waals surface area contributed by atoms with Crippen LogP contribution in [0.5, 0.6) is 0 Å². The molecule has 2 N–H and O–H groups in total. The predicted octanol–water partition coefficient (Wildman–Crippen LogP) is 0.825. The summed E-state index contributed by atoms with van der Waals surface area (Å²) in [5.74, 6) is 0.191. The Balaban J connectivity index is 1.64. The van der Waals surface area contributed by atoms with Crippen molar-refractivity contribution in [3.8, 4) is 0 Å². The topological polar surface area (TPSA) is 55.8 Å². The van der Waals surface area contributed by atoms with Crippen LogP contribution in [0.25, 0.3) is 0 Å². The minimum absolute atomic E-state index is 0.191. The molecule has 5 nitrogen and oxygen atoms in total. The minimum atomic E-state index is 0.191. The normalized spacial score (nSPS) is 23.5. The third-order valence-electron chi connectivity index (χ3n) is 4.72. The number of hydrogen-bond donors (Lipinski definition) is 2. The van der Waals surface area contributed by atoms with Gasteiger partial charge in [0.1, 0.15) is 0 Å². The van der Waals surface area contributed by atoms with Crippen LogP contribution in [0.15, 0.2) is 0 Å². The van der Waals surface area contributed by atoms with Crippen molar-refractivity contribution >= 4 is 5.91 Å². The first kappa shape index (κ1) is 16.7. The van der Waals surface area contributed by atoms with Crippen LogP contribution in [0.3, 0.4) is 0 Å². The Kier molecular flexibility index (Phi) is 7.47. The summed E-state index contributed by atoms with van der Waals surface area (Å²) < 4.78 is 0. The van der Waals surface area contributed by atoms with Crippen molar-refractivity contribution < 1.29 is 9.90 Å². The first-order valence-electron chi connectivity index (χ1n) is 8.63. The maximum Gasteiger partial charge on any atom is 0.234 e. The molecule has 0 unspecified atom stereocenters. The van der Waals surface area contributed by atoms with Crippen LogP contribution in [0.1, 0.15) is 44.9 Å². The smallest absolute Gasteiger partial charge is 0.234 e. The van der Waals surface area contributed by atoms with E-state index >= 15 is 0 Å². The largest absolute Gasteiger partial charge is 0.395 e. The molecule has 1 saturated heterocycles. The second-order valence-electron chi connectivity index (χ2n) is 6.45. The second-order valence-corrected chi connectivity index (χ2v) is 6.45. The molecule has 0 radical (unpaired) electrons. The van der Waals surface area contributed by atoms with Crippen molar-refractivity contribution in [3.63, 3.8) is 0 Å². The molecule has 0 aromatic heterocycles. The van der Waals surface area contributed by atoms with Crippen LogP contribution < -0.4 is 5.32 Å². The SMILES string of the molecule is O=C(CN1CCN(CCO)CC1)NC1CCCCCCC1. The maximum absolute atomic E-state index is 12.2. The summed E-state index contributed by atoms with van der Waals surface area (Å²) in [5.41, 5.74) is 0. The number of rotatable bonds is 5. The van der Waals surface area contributed by atoms with E-state index in [1.54, 1.807) is 0 Å². The molecule has 1 aliphatic heterocycles. The highest BCUT2D eigenvalue weighted by atomic mass is 16.3. The summed E-state index contributed by atoms with van der Waals surface area (Å²) >= 11 is 0. The highest BCUT2D eigenvalue weighted by molar-refractivity contribution is 5.78. The monoisotopic (exact) mass is 297 g/mol. The lowest BCUT2D eigenvalue weighted by atomic mass is 9.97. The van der Waals surface area contributed by atoms with E-state index in [2.05, 4.69) is 15.1 Å². The molecule has 21 heavy (non-hydrogen) atoms. The van der Waals surface area contributed by atoms with Crippen LogP contribution in [0.4, 0.5) is 0 Å². The van der Waals surface area contributed by atoms with Gasteiger partial charge in [-0.2, -0.15) is 0 Å². The lowest BCUT2D eigenvalue weighted by Crippen LogP contribution is -2.51. The van der Waals surface area contributed by atoms with E-state index in [-0.39, 0.29) is 12.5 Å². The second kappa shape index (κ2) is 9.38. The lowest BCUT2D eigenvalue weighted by Gasteiger charge is -2.34. The highest BCUT2D eigenvalue weighted by Crippen LogP contribution is 2.17. The quantitative estimate of drug-likeness (QED) is 0.789. The number of aliphatic hydroxyl groups excluding tert-OH is 1. The molecule has 0 aromatic rings. The minimum Gasteiger partial charge on any atom is -0.395 e. The standard InChI is InChI=1S/C16H31N3O2/c20-13-12-18-8-10-19(11-9-18)14-16(21)17-15-6-4-2-1-3-5-7-15/h15,20H,1-14H2,(H,17,21). The van der Waals surface area contributed by atoms with E-state index in [1.807, 2.05) is 0 Å². The molecular formula is C16H31N3O2. The molecule has 0 bridgehead atoms. The maximum atomic E-state index is 12.2. The van der Waals surface area contributed by atoms with Gasteiger partial charge >= 0.3 is 0 Å². The van der Waals surface area contributed by atoms with Crippen LogP contribution >= 0.6 is 0 Å². The van der Waals surface area contributed by atoms with Gasteiger partial charge in [0.25, 0.3) is 0 Å².